The van der Waals surface area contributed by atoms with Crippen molar-refractivity contribution in [3.63, 3.8) is 0 Å². The second-order valence-electron chi connectivity index (χ2n) is 7.52. The van der Waals surface area contributed by atoms with E-state index in [9.17, 15) is 14.0 Å². The van der Waals surface area contributed by atoms with Gasteiger partial charge in [-0.15, -0.1) is 0 Å². The molecule has 0 aliphatic carbocycles. The van der Waals surface area contributed by atoms with E-state index in [-0.39, 0.29) is 11.6 Å². The average Bonchev–Trinajstić information content (AvgIpc) is 2.78. The maximum Gasteiger partial charge on any atom is 0.269 e. The van der Waals surface area contributed by atoms with Gasteiger partial charge in [-0.1, -0.05) is 6.92 Å². The Morgan fingerprint density at radius 1 is 1.32 bits per heavy atom. The number of hydrogen-bond acceptors (Lipinski definition) is 7. The van der Waals surface area contributed by atoms with Crippen LogP contribution in [0.1, 0.15) is 29.5 Å². The summed E-state index contributed by atoms with van der Waals surface area (Å²) in [6.45, 7) is 5.20. The Balaban J connectivity index is 1.36. The lowest BCUT2D eigenvalue weighted by atomic mass is 10.2. The number of carbonyl (C=O) groups is 2. The molecule has 31 heavy (non-hydrogen) atoms. The van der Waals surface area contributed by atoms with Gasteiger partial charge in [0.1, 0.15) is 5.69 Å². The van der Waals surface area contributed by atoms with Crippen LogP contribution in [0.15, 0.2) is 24.4 Å². The Hall–Kier alpha value is -3.27. The predicted molar refractivity (Wildman–Crippen MR) is 113 cm³/mol. The third kappa shape index (κ3) is 4.43. The topological polar surface area (TPSA) is 99.7 Å². The number of carbonyl (C=O) groups excluding carboxylic acids is 2. The standard InChI is InChI=1S/C21H25FN6O3/c1-3-17-21(30)26-15-10-13(24-11-18(15)31-17)12-27-6-8-28(9-7-27)16-5-4-14(20(29)23-2)25-19(16)22/h4-5,10-11,17H,3,6-9,12H2,1-2H3,(H,23,29)(H,26,30)/t17-/m1/s1. The van der Waals surface area contributed by atoms with Gasteiger partial charge in [-0.3, -0.25) is 19.5 Å². The van der Waals surface area contributed by atoms with E-state index in [1.807, 2.05) is 17.9 Å². The Kier molecular flexibility index (Phi) is 5.99. The highest BCUT2D eigenvalue weighted by molar-refractivity contribution is 5.97. The predicted octanol–water partition coefficient (Wildman–Crippen LogP) is 1.41. The van der Waals surface area contributed by atoms with E-state index in [1.54, 1.807) is 12.3 Å². The number of piperazine rings is 1. The first kappa shape index (κ1) is 21.0. The van der Waals surface area contributed by atoms with Gasteiger partial charge < -0.3 is 20.3 Å². The van der Waals surface area contributed by atoms with Gasteiger partial charge in [-0.2, -0.15) is 4.39 Å². The van der Waals surface area contributed by atoms with Gasteiger partial charge in [0, 0.05) is 39.8 Å². The van der Waals surface area contributed by atoms with Gasteiger partial charge in [-0.25, -0.2) is 4.98 Å². The molecule has 10 heteroatoms. The van der Waals surface area contributed by atoms with Crippen molar-refractivity contribution in [2.75, 3.05) is 43.4 Å². The summed E-state index contributed by atoms with van der Waals surface area (Å²) in [4.78, 5) is 36.0. The molecule has 4 rings (SSSR count). The summed E-state index contributed by atoms with van der Waals surface area (Å²) in [5.74, 6) is -0.617. The molecule has 0 bridgehead atoms. The number of aromatic nitrogens is 2. The molecule has 0 saturated carbocycles. The molecule has 0 unspecified atom stereocenters. The van der Waals surface area contributed by atoms with E-state index < -0.39 is 18.0 Å². The summed E-state index contributed by atoms with van der Waals surface area (Å²) in [7, 11) is 1.48. The molecule has 1 saturated heterocycles. The van der Waals surface area contributed by atoms with Crippen molar-refractivity contribution in [3.05, 3.63) is 41.7 Å². The van der Waals surface area contributed by atoms with Gasteiger partial charge >= 0.3 is 0 Å². The van der Waals surface area contributed by atoms with Crippen LogP contribution >= 0.6 is 0 Å². The third-order valence-corrected chi connectivity index (χ3v) is 5.50. The lowest BCUT2D eigenvalue weighted by Crippen LogP contribution is -2.46. The van der Waals surface area contributed by atoms with Crippen LogP contribution in [0.3, 0.4) is 0 Å². The highest BCUT2D eigenvalue weighted by Gasteiger charge is 2.27. The van der Waals surface area contributed by atoms with Gasteiger partial charge in [0.05, 0.1) is 23.3 Å². The summed E-state index contributed by atoms with van der Waals surface area (Å²) in [6, 6.07) is 4.96. The number of hydrogen-bond donors (Lipinski definition) is 2. The Morgan fingerprint density at radius 2 is 2.10 bits per heavy atom. The highest BCUT2D eigenvalue weighted by atomic mass is 19.1. The second kappa shape index (κ2) is 8.84. The lowest BCUT2D eigenvalue weighted by molar-refractivity contribution is -0.123. The van der Waals surface area contributed by atoms with E-state index in [0.717, 1.165) is 18.8 Å². The summed E-state index contributed by atoms with van der Waals surface area (Å²) >= 11 is 0. The van der Waals surface area contributed by atoms with Crippen LogP contribution in [-0.4, -0.2) is 66.0 Å². The van der Waals surface area contributed by atoms with Crippen LogP contribution in [0.5, 0.6) is 5.75 Å². The Morgan fingerprint density at radius 3 is 2.77 bits per heavy atom. The molecule has 0 aromatic carbocycles. The van der Waals surface area contributed by atoms with Crippen LogP contribution < -0.4 is 20.3 Å². The molecular weight excluding hydrogens is 403 g/mol. The van der Waals surface area contributed by atoms with Crippen molar-refractivity contribution < 1.29 is 18.7 Å². The van der Waals surface area contributed by atoms with E-state index in [4.69, 9.17) is 4.74 Å². The fraction of sp³-hybridized carbons (Fsp3) is 0.429. The van der Waals surface area contributed by atoms with Gasteiger partial charge in [0.25, 0.3) is 11.8 Å². The molecule has 2 amide bonds. The fourth-order valence-electron chi connectivity index (χ4n) is 3.75. The first-order valence-corrected chi connectivity index (χ1v) is 10.3. The van der Waals surface area contributed by atoms with Crippen molar-refractivity contribution in [1.82, 2.24) is 20.2 Å². The number of nitrogens with zero attached hydrogens (tertiary/aromatic N) is 4. The Labute approximate surface area is 179 Å². The first-order valence-electron chi connectivity index (χ1n) is 10.3. The molecule has 0 spiro atoms. The average molecular weight is 428 g/mol. The molecular formula is C21H25FN6O3. The molecule has 2 aromatic heterocycles. The summed E-state index contributed by atoms with van der Waals surface area (Å²) in [6.07, 6.45) is 1.77. The minimum atomic E-state index is -0.646. The monoisotopic (exact) mass is 428 g/mol. The molecule has 4 heterocycles. The van der Waals surface area contributed by atoms with Crippen molar-refractivity contribution in [2.24, 2.45) is 0 Å². The molecule has 2 aliphatic heterocycles. The third-order valence-electron chi connectivity index (χ3n) is 5.50. The van der Waals surface area contributed by atoms with Crippen LogP contribution in [-0.2, 0) is 11.3 Å². The van der Waals surface area contributed by atoms with Crippen molar-refractivity contribution in [1.29, 1.82) is 0 Å². The van der Waals surface area contributed by atoms with E-state index >= 15 is 0 Å². The minimum Gasteiger partial charge on any atom is -0.477 e. The largest absolute Gasteiger partial charge is 0.477 e. The molecule has 164 valence electrons. The van der Waals surface area contributed by atoms with Crippen molar-refractivity contribution in [3.8, 4) is 5.75 Å². The molecule has 1 fully saturated rings. The second-order valence-corrected chi connectivity index (χ2v) is 7.52. The molecule has 9 nitrogen and oxygen atoms in total. The number of fused-ring (bicyclic) bond motifs is 1. The van der Waals surface area contributed by atoms with Crippen molar-refractivity contribution in [2.45, 2.75) is 26.0 Å². The van der Waals surface area contributed by atoms with Crippen LogP contribution in [0.25, 0.3) is 0 Å². The summed E-state index contributed by atoms with van der Waals surface area (Å²) in [5.41, 5.74) is 1.92. The van der Waals surface area contributed by atoms with E-state index in [0.29, 0.717) is 43.2 Å². The normalized spacial score (nSPS) is 18.7. The number of halogens is 1. The minimum absolute atomic E-state index is 0.0576. The Bertz CT molecular complexity index is 993. The highest BCUT2D eigenvalue weighted by Crippen LogP contribution is 2.30. The van der Waals surface area contributed by atoms with Crippen LogP contribution in [0.4, 0.5) is 15.8 Å². The fourth-order valence-corrected chi connectivity index (χ4v) is 3.75. The zero-order chi connectivity index (χ0) is 22.0. The summed E-state index contributed by atoms with van der Waals surface area (Å²) < 4.78 is 20.1. The molecule has 1 atom stereocenters. The summed E-state index contributed by atoms with van der Waals surface area (Å²) in [5, 5.41) is 5.32. The molecule has 0 radical (unpaired) electrons. The zero-order valence-electron chi connectivity index (χ0n) is 17.5. The van der Waals surface area contributed by atoms with Gasteiger partial charge in [0.2, 0.25) is 5.95 Å². The number of ether oxygens (including phenoxy) is 1. The quantitative estimate of drug-likeness (QED) is 0.695. The molecule has 2 aromatic rings. The number of pyridine rings is 2. The van der Waals surface area contributed by atoms with Gasteiger partial charge in [-0.05, 0) is 24.6 Å². The number of amides is 2. The maximum atomic E-state index is 14.4. The van der Waals surface area contributed by atoms with Crippen molar-refractivity contribution >= 4 is 23.2 Å². The zero-order valence-corrected chi connectivity index (χ0v) is 17.5. The number of anilines is 2. The first-order chi connectivity index (χ1) is 15.0. The van der Waals surface area contributed by atoms with Crippen LogP contribution in [0.2, 0.25) is 0 Å². The molecule has 2 aliphatic rings. The van der Waals surface area contributed by atoms with Crippen LogP contribution in [0, 0.1) is 5.95 Å². The molecule has 2 N–H and O–H groups in total. The smallest absolute Gasteiger partial charge is 0.269 e. The lowest BCUT2D eigenvalue weighted by Gasteiger charge is -2.36. The number of rotatable bonds is 5. The van der Waals surface area contributed by atoms with E-state index in [1.165, 1.54) is 13.1 Å². The van der Waals surface area contributed by atoms with Gasteiger partial charge in [0.15, 0.2) is 11.9 Å². The SMILES string of the molecule is CC[C@H]1Oc2cnc(CN3CCN(c4ccc(C(=O)NC)nc4F)CC3)cc2NC1=O. The maximum absolute atomic E-state index is 14.4. The number of nitrogens with one attached hydrogen (secondary N) is 2. The van der Waals surface area contributed by atoms with E-state index in [2.05, 4.69) is 25.5 Å².